The minimum Gasteiger partial charge on any atom is -0.439 e. The van der Waals surface area contributed by atoms with Crippen molar-refractivity contribution in [2.75, 3.05) is 0 Å². The third-order valence-corrected chi connectivity index (χ3v) is 5.82. The van der Waals surface area contributed by atoms with Gasteiger partial charge in [0.05, 0.1) is 11.0 Å². The highest BCUT2D eigenvalue weighted by Crippen LogP contribution is 2.39. The van der Waals surface area contributed by atoms with E-state index in [0.29, 0.717) is 23.4 Å². The van der Waals surface area contributed by atoms with Crippen LogP contribution in [0.1, 0.15) is 0 Å². The van der Waals surface area contributed by atoms with Crippen LogP contribution in [-0.4, -0.2) is 19.4 Å². The number of pyridine rings is 3. The molecule has 0 aliphatic heterocycles. The van der Waals surface area contributed by atoms with Gasteiger partial charge in [-0.25, -0.2) is 9.97 Å². The summed E-state index contributed by atoms with van der Waals surface area (Å²) in [7, 11) is 0. The zero-order valence-electron chi connectivity index (χ0n) is 17.3. The Bertz CT molecular complexity index is 1780. The molecule has 0 bridgehead atoms. The first kappa shape index (κ1) is 17.9. The number of nitrogens with zero attached hydrogens (tertiary/aromatic N) is 4. The van der Waals surface area contributed by atoms with E-state index in [4.69, 9.17) is 9.47 Å². The Morgan fingerprint density at radius 3 is 2.21 bits per heavy atom. The minimum atomic E-state index is 0.419. The third kappa shape index (κ3) is 2.78. The van der Waals surface area contributed by atoms with Crippen molar-refractivity contribution in [2.45, 2.75) is 0 Å². The second-order valence-corrected chi connectivity index (χ2v) is 7.78. The summed E-state index contributed by atoms with van der Waals surface area (Å²) < 4.78 is 14.1. The molecule has 0 unspecified atom stereocenters. The van der Waals surface area contributed by atoms with E-state index in [-0.39, 0.29) is 0 Å². The van der Waals surface area contributed by atoms with Crippen molar-refractivity contribution in [2.24, 2.45) is 0 Å². The first-order valence-electron chi connectivity index (χ1n) is 10.6. The largest absolute Gasteiger partial charge is 0.439 e. The Labute approximate surface area is 188 Å². The molecule has 0 aliphatic rings. The Kier molecular flexibility index (Phi) is 3.75. The molecule has 6 heteroatoms. The van der Waals surface area contributed by atoms with Gasteiger partial charge in [-0.15, -0.1) is 0 Å². The van der Waals surface area contributed by atoms with E-state index in [0.717, 1.165) is 21.9 Å². The fourth-order valence-corrected chi connectivity index (χ4v) is 4.48. The molecule has 0 spiro atoms. The second kappa shape index (κ2) is 6.90. The van der Waals surface area contributed by atoms with Crippen LogP contribution in [0.25, 0.3) is 38.2 Å². The summed E-state index contributed by atoms with van der Waals surface area (Å²) in [5.74, 6) is 2.03. The smallest absolute Gasteiger partial charge is 0.224 e. The van der Waals surface area contributed by atoms with E-state index >= 15 is 0 Å². The monoisotopic (exact) mass is 428 g/mol. The van der Waals surface area contributed by atoms with Gasteiger partial charge in [-0.2, -0.15) is 4.98 Å². The molecule has 2 aromatic carbocycles. The molecule has 5 heterocycles. The molecule has 0 saturated carbocycles. The molecule has 6 nitrogen and oxygen atoms in total. The highest BCUT2D eigenvalue weighted by molar-refractivity contribution is 6.22. The predicted octanol–water partition coefficient (Wildman–Crippen LogP) is 6.61. The van der Waals surface area contributed by atoms with Gasteiger partial charge in [-0.3, -0.25) is 4.40 Å². The lowest BCUT2D eigenvalue weighted by atomic mass is 10.1. The van der Waals surface area contributed by atoms with Crippen LogP contribution < -0.4 is 9.47 Å². The number of fused-ring (bicyclic) bond motifs is 6. The Balaban J connectivity index is 1.33. The molecule has 5 aromatic heterocycles. The van der Waals surface area contributed by atoms with Crippen molar-refractivity contribution in [1.29, 1.82) is 0 Å². The molecular weight excluding hydrogens is 412 g/mol. The number of benzene rings is 2. The van der Waals surface area contributed by atoms with Gasteiger partial charge in [0.15, 0.2) is 0 Å². The molecule has 33 heavy (non-hydrogen) atoms. The molecule has 156 valence electrons. The number of hydrogen-bond acceptors (Lipinski definition) is 5. The van der Waals surface area contributed by atoms with Gasteiger partial charge in [-0.05, 0) is 30.3 Å². The summed E-state index contributed by atoms with van der Waals surface area (Å²) in [5, 5.41) is 4.72. The van der Waals surface area contributed by atoms with Crippen molar-refractivity contribution in [3.63, 3.8) is 0 Å². The first-order chi connectivity index (χ1) is 16.3. The van der Waals surface area contributed by atoms with Crippen LogP contribution in [0.15, 0.2) is 97.3 Å². The van der Waals surface area contributed by atoms with Crippen molar-refractivity contribution in [1.82, 2.24) is 19.4 Å². The number of para-hydroxylation sites is 1. The fraction of sp³-hybridized carbons (Fsp3) is 0. The van der Waals surface area contributed by atoms with E-state index in [1.165, 1.54) is 16.3 Å². The van der Waals surface area contributed by atoms with Crippen LogP contribution in [0.3, 0.4) is 0 Å². The average Bonchev–Trinajstić information content (AvgIpc) is 3.37. The standard InChI is InChI=1S/C27H16N4O2/c1-2-14-28-23(9-1)33-25-11-4-10-24(30-25)32-17-12-13-18-19-6-3-7-20-21-8-5-15-29-27(21)31(26(19)20)22(18)16-17/h1-16H. The second-order valence-electron chi connectivity index (χ2n) is 7.78. The molecule has 0 N–H and O–H groups in total. The van der Waals surface area contributed by atoms with E-state index in [1.807, 2.05) is 42.6 Å². The van der Waals surface area contributed by atoms with Gasteiger partial charge in [0, 0.05) is 58.2 Å². The van der Waals surface area contributed by atoms with Gasteiger partial charge < -0.3 is 9.47 Å². The van der Waals surface area contributed by atoms with E-state index in [9.17, 15) is 0 Å². The summed E-state index contributed by atoms with van der Waals surface area (Å²) >= 11 is 0. The zero-order chi connectivity index (χ0) is 21.8. The number of hydrogen-bond donors (Lipinski definition) is 0. The molecule has 7 aromatic rings. The summed E-state index contributed by atoms with van der Waals surface area (Å²) in [6.07, 6.45) is 3.51. The third-order valence-electron chi connectivity index (χ3n) is 5.82. The van der Waals surface area contributed by atoms with Crippen LogP contribution in [0.2, 0.25) is 0 Å². The van der Waals surface area contributed by atoms with Crippen LogP contribution in [0, 0.1) is 0 Å². The maximum atomic E-state index is 6.12. The zero-order valence-corrected chi connectivity index (χ0v) is 17.3. The van der Waals surface area contributed by atoms with Crippen molar-refractivity contribution >= 4 is 38.2 Å². The van der Waals surface area contributed by atoms with Gasteiger partial charge in [0.2, 0.25) is 17.6 Å². The minimum absolute atomic E-state index is 0.419. The Hall–Kier alpha value is -4.71. The first-order valence-corrected chi connectivity index (χ1v) is 10.6. The molecule has 7 rings (SSSR count). The molecule has 0 radical (unpaired) electrons. The quantitative estimate of drug-likeness (QED) is 0.316. The summed E-state index contributed by atoms with van der Waals surface area (Å²) in [6.45, 7) is 0. The maximum absolute atomic E-state index is 6.12. The molecule has 0 atom stereocenters. The fourth-order valence-electron chi connectivity index (χ4n) is 4.48. The van der Waals surface area contributed by atoms with Gasteiger partial charge in [0.1, 0.15) is 11.4 Å². The predicted molar refractivity (Wildman–Crippen MR) is 128 cm³/mol. The van der Waals surface area contributed by atoms with Crippen molar-refractivity contribution in [3.8, 4) is 23.4 Å². The van der Waals surface area contributed by atoms with E-state index in [2.05, 4.69) is 49.7 Å². The number of ether oxygens (including phenoxy) is 2. The highest BCUT2D eigenvalue weighted by Gasteiger charge is 2.18. The topological polar surface area (TPSA) is 61.5 Å². The highest BCUT2D eigenvalue weighted by atomic mass is 16.5. The van der Waals surface area contributed by atoms with Crippen LogP contribution >= 0.6 is 0 Å². The van der Waals surface area contributed by atoms with Crippen molar-refractivity contribution < 1.29 is 9.47 Å². The van der Waals surface area contributed by atoms with Gasteiger partial charge in [0.25, 0.3) is 0 Å². The van der Waals surface area contributed by atoms with E-state index in [1.54, 1.807) is 24.4 Å². The van der Waals surface area contributed by atoms with Crippen LogP contribution in [0.5, 0.6) is 23.4 Å². The lowest BCUT2D eigenvalue weighted by Crippen LogP contribution is -1.93. The molecule has 0 amide bonds. The van der Waals surface area contributed by atoms with Crippen LogP contribution in [0.4, 0.5) is 0 Å². The SMILES string of the molecule is c1ccc(Oc2cccc(Oc3ccc4c5cccc6c7cccnc7n(c4c3)c56)n2)nc1. The summed E-state index contributed by atoms with van der Waals surface area (Å²) in [5.41, 5.74) is 3.18. The van der Waals surface area contributed by atoms with Crippen LogP contribution in [-0.2, 0) is 0 Å². The van der Waals surface area contributed by atoms with Crippen molar-refractivity contribution in [3.05, 3.63) is 97.3 Å². The Morgan fingerprint density at radius 1 is 0.576 bits per heavy atom. The molecular formula is C27H16N4O2. The lowest BCUT2D eigenvalue weighted by molar-refractivity contribution is 0.417. The lowest BCUT2D eigenvalue weighted by Gasteiger charge is -2.08. The van der Waals surface area contributed by atoms with E-state index < -0.39 is 0 Å². The van der Waals surface area contributed by atoms with Gasteiger partial charge in [-0.1, -0.05) is 30.3 Å². The number of rotatable bonds is 4. The molecule has 0 saturated heterocycles. The van der Waals surface area contributed by atoms with Gasteiger partial charge >= 0.3 is 0 Å². The molecule has 0 aliphatic carbocycles. The maximum Gasteiger partial charge on any atom is 0.224 e. The Morgan fingerprint density at radius 2 is 1.33 bits per heavy atom. The average molecular weight is 428 g/mol. The normalized spacial score (nSPS) is 11.6. The molecule has 0 fully saturated rings. The summed E-state index contributed by atoms with van der Waals surface area (Å²) in [6, 6.07) is 27.5. The summed E-state index contributed by atoms with van der Waals surface area (Å²) in [4.78, 5) is 13.3. The number of aromatic nitrogens is 4.